The number of rotatable bonds is 6. The third kappa shape index (κ3) is 6.18. The molecule has 1 heterocycles. The summed E-state index contributed by atoms with van der Waals surface area (Å²) in [7, 11) is 0. The lowest BCUT2D eigenvalue weighted by molar-refractivity contribution is -0.131. The summed E-state index contributed by atoms with van der Waals surface area (Å²) in [4.78, 5) is 39.4. The van der Waals surface area contributed by atoms with Gasteiger partial charge in [0.25, 0.3) is 5.91 Å². The highest BCUT2D eigenvalue weighted by Crippen LogP contribution is 2.08. The van der Waals surface area contributed by atoms with Gasteiger partial charge in [0.1, 0.15) is 12.6 Å². The molecule has 1 unspecified atom stereocenters. The molecule has 0 bridgehead atoms. The lowest BCUT2D eigenvalue weighted by atomic mass is 10.0. The molecule has 6 N–H and O–H groups in total. The quantitative estimate of drug-likeness (QED) is 0.324. The van der Waals surface area contributed by atoms with Crippen molar-refractivity contribution in [3.8, 4) is 0 Å². The number of carbonyl (C=O) groups excluding carboxylic acids is 3. The second-order valence-electron chi connectivity index (χ2n) is 5.38. The van der Waals surface area contributed by atoms with E-state index in [1.807, 2.05) is 13.8 Å². The van der Waals surface area contributed by atoms with Crippen molar-refractivity contribution in [3.63, 3.8) is 0 Å². The zero-order valence-corrected chi connectivity index (χ0v) is 13.6. The van der Waals surface area contributed by atoms with Crippen LogP contribution in [0.25, 0.3) is 0 Å². The van der Waals surface area contributed by atoms with Crippen molar-refractivity contribution in [1.82, 2.24) is 20.7 Å². The molecule has 4 amide bonds. The summed E-state index contributed by atoms with van der Waals surface area (Å²) in [6.45, 7) is 3.65. The number of alkyl carbamates (subject to hydrolysis) is 1. The number of nitrogens with two attached hydrogens (primary N) is 2. The van der Waals surface area contributed by atoms with Gasteiger partial charge in [0.05, 0.1) is 5.69 Å². The molecule has 0 saturated carbocycles. The van der Waals surface area contributed by atoms with E-state index in [1.54, 1.807) is 29.8 Å². The van der Waals surface area contributed by atoms with Crippen LogP contribution in [0.4, 0.5) is 9.59 Å². The molecule has 132 valence electrons. The Kier molecular flexibility index (Phi) is 7.59. The Morgan fingerprint density at radius 1 is 1.33 bits per heavy atom. The molecule has 0 radical (unpaired) electrons. The van der Waals surface area contributed by atoms with Gasteiger partial charge in [-0.3, -0.25) is 15.2 Å². The highest BCUT2D eigenvalue weighted by molar-refractivity contribution is 5.97. The molecule has 24 heavy (non-hydrogen) atoms. The molecule has 0 fully saturated rings. The van der Waals surface area contributed by atoms with Crippen molar-refractivity contribution in [1.29, 1.82) is 0 Å². The summed E-state index contributed by atoms with van der Waals surface area (Å²) in [5.41, 5.74) is 2.30. The number of carbonyl (C=O) groups is 3. The molecular formula is C14H22N6O4. The van der Waals surface area contributed by atoms with Crippen LogP contribution in [-0.2, 0) is 16.1 Å². The molecular weight excluding hydrogens is 316 g/mol. The molecule has 0 spiro atoms. The number of imide groups is 1. The maximum Gasteiger partial charge on any atom is 0.408 e. The summed E-state index contributed by atoms with van der Waals surface area (Å²) in [5.74, 6) is 9.57. The molecule has 0 aliphatic heterocycles. The molecule has 0 aromatic carbocycles. The fourth-order valence-corrected chi connectivity index (χ4v) is 1.84. The predicted molar refractivity (Wildman–Crippen MR) is 84.6 cm³/mol. The zero-order valence-electron chi connectivity index (χ0n) is 13.6. The largest absolute Gasteiger partial charge is 0.443 e. The molecule has 1 aromatic heterocycles. The number of ether oxygens (including phenoxy) is 1. The fraction of sp³-hybridized carbons (Fsp3) is 0.429. The molecule has 10 nitrogen and oxygen atoms in total. The number of hydrogen-bond donors (Lipinski definition) is 4. The van der Waals surface area contributed by atoms with Crippen LogP contribution in [0.2, 0.25) is 0 Å². The first-order valence-corrected chi connectivity index (χ1v) is 7.27. The number of hydrogen-bond acceptors (Lipinski definition) is 7. The van der Waals surface area contributed by atoms with Crippen LogP contribution in [0.1, 0.15) is 26.0 Å². The van der Waals surface area contributed by atoms with Crippen molar-refractivity contribution < 1.29 is 19.1 Å². The smallest absolute Gasteiger partial charge is 0.408 e. The first-order valence-electron chi connectivity index (χ1n) is 7.27. The molecule has 1 atom stereocenters. The molecule has 0 saturated heterocycles. The number of aromatic nitrogens is 1. The summed E-state index contributed by atoms with van der Waals surface area (Å²) in [6.07, 6.45) is 1.02. The third-order valence-electron chi connectivity index (χ3n) is 2.95. The van der Waals surface area contributed by atoms with E-state index in [9.17, 15) is 14.4 Å². The molecule has 10 heteroatoms. The zero-order chi connectivity index (χ0) is 18.1. The Morgan fingerprint density at radius 3 is 2.58 bits per heavy atom. The summed E-state index contributed by atoms with van der Waals surface area (Å²) >= 11 is 0. The lowest BCUT2D eigenvalue weighted by Crippen LogP contribution is -2.57. The minimum Gasteiger partial charge on any atom is -0.443 e. The average Bonchev–Trinajstić information content (AvgIpc) is 2.57. The second kappa shape index (κ2) is 9.43. The molecule has 0 aliphatic carbocycles. The second-order valence-corrected chi connectivity index (χ2v) is 5.38. The van der Waals surface area contributed by atoms with Gasteiger partial charge in [-0.15, -0.1) is 0 Å². The Balaban J connectivity index is 2.65. The van der Waals surface area contributed by atoms with Crippen molar-refractivity contribution in [3.05, 3.63) is 30.1 Å². The minimum atomic E-state index is -1.02. The van der Waals surface area contributed by atoms with Gasteiger partial charge in [0.15, 0.2) is 0 Å². The standard InChI is InChI=1S/C14H22N6O4/c1-9(2)7-11(12(21)20(16)13(22)19-15)18-14(23)24-8-10-5-3-4-6-17-10/h3-6,9,11H,7-8,15-16H2,1-2H3,(H,18,23)(H,19,22). The number of pyridine rings is 1. The van der Waals surface area contributed by atoms with E-state index < -0.39 is 24.1 Å². The number of urea groups is 1. The van der Waals surface area contributed by atoms with E-state index in [-0.39, 0.29) is 18.9 Å². The minimum absolute atomic E-state index is 0.0507. The Morgan fingerprint density at radius 2 is 2.04 bits per heavy atom. The summed E-state index contributed by atoms with van der Waals surface area (Å²) in [5, 5.41) is 2.71. The van der Waals surface area contributed by atoms with Gasteiger partial charge in [-0.2, -0.15) is 5.01 Å². The number of amides is 4. The first-order chi connectivity index (χ1) is 11.3. The number of nitrogens with zero attached hydrogens (tertiary/aromatic N) is 2. The van der Waals surface area contributed by atoms with Gasteiger partial charge in [-0.1, -0.05) is 19.9 Å². The van der Waals surface area contributed by atoms with Gasteiger partial charge >= 0.3 is 12.1 Å². The normalized spacial score (nSPS) is 11.5. The lowest BCUT2D eigenvalue weighted by Gasteiger charge is -2.23. The first kappa shape index (κ1) is 19.3. The fourth-order valence-electron chi connectivity index (χ4n) is 1.84. The van der Waals surface area contributed by atoms with Crippen LogP contribution >= 0.6 is 0 Å². The number of hydrazine groups is 2. The Labute approximate surface area is 139 Å². The van der Waals surface area contributed by atoms with Gasteiger partial charge < -0.3 is 10.1 Å². The molecule has 1 rings (SSSR count). The van der Waals surface area contributed by atoms with Crippen molar-refractivity contribution in [2.75, 3.05) is 0 Å². The monoisotopic (exact) mass is 338 g/mol. The van der Waals surface area contributed by atoms with E-state index in [4.69, 9.17) is 16.4 Å². The molecule has 1 aromatic rings. The Bertz CT molecular complexity index is 566. The SMILES string of the molecule is CC(C)CC(NC(=O)OCc1ccccn1)C(=O)N(N)C(=O)NN. The van der Waals surface area contributed by atoms with Gasteiger partial charge in [-0.25, -0.2) is 21.3 Å². The maximum absolute atomic E-state index is 12.2. The van der Waals surface area contributed by atoms with Crippen LogP contribution in [0.5, 0.6) is 0 Å². The topological polar surface area (TPSA) is 153 Å². The number of nitrogens with one attached hydrogen (secondary N) is 2. The van der Waals surface area contributed by atoms with Crippen molar-refractivity contribution >= 4 is 18.0 Å². The van der Waals surface area contributed by atoms with E-state index >= 15 is 0 Å². The summed E-state index contributed by atoms with van der Waals surface area (Å²) < 4.78 is 5.01. The highest BCUT2D eigenvalue weighted by Gasteiger charge is 2.29. The van der Waals surface area contributed by atoms with Crippen LogP contribution in [-0.4, -0.2) is 34.1 Å². The highest BCUT2D eigenvalue weighted by atomic mass is 16.5. The van der Waals surface area contributed by atoms with Gasteiger partial charge in [0, 0.05) is 6.20 Å². The van der Waals surface area contributed by atoms with Crippen LogP contribution in [0.3, 0.4) is 0 Å². The van der Waals surface area contributed by atoms with Crippen molar-refractivity contribution in [2.24, 2.45) is 17.6 Å². The average molecular weight is 338 g/mol. The van der Waals surface area contributed by atoms with Gasteiger partial charge in [-0.05, 0) is 24.5 Å². The van der Waals surface area contributed by atoms with E-state index in [0.717, 1.165) is 0 Å². The van der Waals surface area contributed by atoms with Crippen molar-refractivity contribution in [2.45, 2.75) is 32.9 Å². The molecule has 0 aliphatic rings. The van der Waals surface area contributed by atoms with Crippen LogP contribution in [0, 0.1) is 5.92 Å². The Hall–Kier alpha value is -2.72. The third-order valence-corrected chi connectivity index (χ3v) is 2.95. The predicted octanol–water partition coefficient (Wildman–Crippen LogP) is 0.00810. The van der Waals surface area contributed by atoms with Crippen LogP contribution in [0.15, 0.2) is 24.4 Å². The van der Waals surface area contributed by atoms with E-state index in [0.29, 0.717) is 10.7 Å². The summed E-state index contributed by atoms with van der Waals surface area (Å²) in [6, 6.07) is 3.17. The van der Waals surface area contributed by atoms with Gasteiger partial charge in [0.2, 0.25) is 0 Å². The van der Waals surface area contributed by atoms with E-state index in [2.05, 4.69) is 10.3 Å². The van der Waals surface area contributed by atoms with E-state index in [1.165, 1.54) is 0 Å². The maximum atomic E-state index is 12.2. The van der Waals surface area contributed by atoms with Crippen LogP contribution < -0.4 is 22.4 Å².